The first kappa shape index (κ1) is 13.6. The zero-order chi connectivity index (χ0) is 14.9. The molecule has 0 saturated heterocycles. The monoisotopic (exact) mass is 298 g/mol. The number of hydrogen-bond donors (Lipinski definition) is 1. The first-order valence-corrected chi connectivity index (χ1v) is 7.93. The molecule has 0 saturated carbocycles. The van der Waals surface area contributed by atoms with Crippen LogP contribution >= 0.6 is 0 Å². The molecule has 0 aliphatic carbocycles. The van der Waals surface area contributed by atoms with E-state index in [1.165, 1.54) is 6.21 Å². The van der Waals surface area contributed by atoms with Crippen molar-refractivity contribution in [3.63, 3.8) is 0 Å². The van der Waals surface area contributed by atoms with E-state index in [1.807, 2.05) is 37.3 Å². The summed E-state index contributed by atoms with van der Waals surface area (Å²) in [7, 11) is -3.66. The maximum absolute atomic E-state index is 12.1. The molecule has 21 heavy (non-hydrogen) atoms. The van der Waals surface area contributed by atoms with Crippen LogP contribution in [-0.4, -0.2) is 19.6 Å². The topological polar surface area (TPSA) is 62.3 Å². The van der Waals surface area contributed by atoms with E-state index in [2.05, 4.69) is 9.38 Å². The summed E-state index contributed by atoms with van der Waals surface area (Å²) in [5, 5.41) is 1.02. The van der Waals surface area contributed by atoms with Crippen molar-refractivity contribution in [1.82, 2.24) is 4.98 Å². The van der Waals surface area contributed by atoms with Gasteiger partial charge in [-0.3, -0.25) is 0 Å². The second-order valence-corrected chi connectivity index (χ2v) is 6.47. The van der Waals surface area contributed by atoms with Crippen LogP contribution in [0, 0.1) is 6.92 Å². The summed E-state index contributed by atoms with van der Waals surface area (Å²) in [4.78, 5) is 3.31. The maximum atomic E-state index is 12.1. The lowest BCUT2D eigenvalue weighted by molar-refractivity contribution is 0.598. The van der Waals surface area contributed by atoms with Crippen molar-refractivity contribution in [3.8, 4) is 0 Å². The Hall–Kier alpha value is -2.40. The van der Waals surface area contributed by atoms with Gasteiger partial charge in [0.15, 0.2) is 0 Å². The third-order valence-corrected chi connectivity index (χ3v) is 4.45. The van der Waals surface area contributed by atoms with Crippen LogP contribution in [-0.2, 0) is 10.0 Å². The molecule has 4 nitrogen and oxygen atoms in total. The molecule has 0 bridgehead atoms. The van der Waals surface area contributed by atoms with Crippen LogP contribution in [0.5, 0.6) is 0 Å². The van der Waals surface area contributed by atoms with Gasteiger partial charge in [0.25, 0.3) is 10.0 Å². The average molecular weight is 298 g/mol. The fourth-order valence-electron chi connectivity index (χ4n) is 2.06. The fraction of sp³-hybridized carbons (Fsp3) is 0.0625. The number of nitrogens with zero attached hydrogens (tertiary/aromatic N) is 1. The first-order valence-electron chi connectivity index (χ1n) is 6.49. The number of nitrogens with one attached hydrogen (secondary N) is 1. The van der Waals surface area contributed by atoms with Crippen molar-refractivity contribution < 1.29 is 8.42 Å². The van der Waals surface area contributed by atoms with E-state index in [-0.39, 0.29) is 4.90 Å². The lowest BCUT2D eigenvalue weighted by Gasteiger charge is -1.98. The molecule has 0 atom stereocenters. The molecular weight excluding hydrogens is 284 g/mol. The van der Waals surface area contributed by atoms with Gasteiger partial charge in [0.2, 0.25) is 0 Å². The molecule has 106 valence electrons. The number of rotatable bonds is 3. The van der Waals surface area contributed by atoms with Crippen LogP contribution in [0.1, 0.15) is 11.3 Å². The van der Waals surface area contributed by atoms with E-state index in [0.717, 1.165) is 16.5 Å². The molecule has 0 fully saturated rings. The number of fused-ring (bicyclic) bond motifs is 1. The molecule has 0 spiro atoms. The van der Waals surface area contributed by atoms with E-state index in [0.29, 0.717) is 5.69 Å². The summed E-state index contributed by atoms with van der Waals surface area (Å²) in [6.45, 7) is 1.91. The Labute approximate surface area is 123 Å². The number of benzene rings is 2. The predicted octanol–water partition coefficient (Wildman–Crippen LogP) is 3.28. The molecule has 2 aromatic carbocycles. The molecule has 5 heteroatoms. The zero-order valence-corrected chi connectivity index (χ0v) is 12.3. The lowest BCUT2D eigenvalue weighted by Crippen LogP contribution is -1.97. The second-order valence-electron chi connectivity index (χ2n) is 4.83. The van der Waals surface area contributed by atoms with Crippen LogP contribution in [0.25, 0.3) is 10.9 Å². The van der Waals surface area contributed by atoms with Crippen LogP contribution in [0.15, 0.2) is 63.9 Å². The highest BCUT2D eigenvalue weighted by atomic mass is 32.2. The number of para-hydroxylation sites is 1. The Morgan fingerprint density at radius 2 is 1.76 bits per heavy atom. The van der Waals surface area contributed by atoms with Gasteiger partial charge in [0.1, 0.15) is 0 Å². The Balaban J connectivity index is 1.92. The average Bonchev–Trinajstić information content (AvgIpc) is 2.89. The molecule has 3 rings (SSSR count). The largest absolute Gasteiger partial charge is 0.354 e. The van der Waals surface area contributed by atoms with Crippen LogP contribution in [0.4, 0.5) is 0 Å². The number of aromatic nitrogens is 1. The number of H-pyrrole nitrogens is 1. The number of sulfonamides is 1. The maximum Gasteiger partial charge on any atom is 0.282 e. The van der Waals surface area contributed by atoms with Crippen LogP contribution in [0.2, 0.25) is 0 Å². The first-order chi connectivity index (χ1) is 10.0. The standard InChI is InChI=1S/C16H14N2O2S/c1-12-6-8-15(9-7-12)21(19,20)17-11-14-10-13-4-2-3-5-16(13)18-14/h2-11,18H,1H3/b17-11+. The van der Waals surface area contributed by atoms with Crippen molar-refractivity contribution in [1.29, 1.82) is 0 Å². The smallest absolute Gasteiger partial charge is 0.282 e. The summed E-state index contributed by atoms with van der Waals surface area (Å²) >= 11 is 0. The Kier molecular flexibility index (Phi) is 3.35. The van der Waals surface area contributed by atoms with E-state index in [9.17, 15) is 8.42 Å². The van der Waals surface area contributed by atoms with Gasteiger partial charge in [-0.05, 0) is 31.2 Å². The molecule has 1 heterocycles. The third-order valence-electron chi connectivity index (χ3n) is 3.20. The number of hydrogen-bond acceptors (Lipinski definition) is 2. The van der Waals surface area contributed by atoms with Crippen molar-refractivity contribution in [2.45, 2.75) is 11.8 Å². The molecule has 0 amide bonds. The molecule has 0 aliphatic heterocycles. The van der Waals surface area contributed by atoms with E-state index < -0.39 is 10.0 Å². The van der Waals surface area contributed by atoms with Gasteiger partial charge in [-0.25, -0.2) is 0 Å². The van der Waals surface area contributed by atoms with E-state index in [1.54, 1.807) is 24.3 Å². The zero-order valence-electron chi connectivity index (χ0n) is 11.4. The fourth-order valence-corrected chi connectivity index (χ4v) is 2.92. The quantitative estimate of drug-likeness (QED) is 0.754. The van der Waals surface area contributed by atoms with Gasteiger partial charge >= 0.3 is 0 Å². The summed E-state index contributed by atoms with van der Waals surface area (Å²) in [5.74, 6) is 0. The Morgan fingerprint density at radius 3 is 2.48 bits per heavy atom. The van der Waals surface area contributed by atoms with Gasteiger partial charge in [-0.2, -0.15) is 12.8 Å². The molecule has 3 aromatic rings. The summed E-state index contributed by atoms with van der Waals surface area (Å²) in [6, 6.07) is 16.2. The van der Waals surface area contributed by atoms with E-state index in [4.69, 9.17) is 0 Å². The third kappa shape index (κ3) is 2.87. The highest BCUT2D eigenvalue weighted by Gasteiger charge is 2.11. The van der Waals surface area contributed by atoms with Crippen LogP contribution < -0.4 is 0 Å². The minimum atomic E-state index is -3.66. The molecular formula is C16H14N2O2S. The number of aromatic amines is 1. The molecule has 1 N–H and O–H groups in total. The lowest BCUT2D eigenvalue weighted by atomic mass is 10.2. The van der Waals surface area contributed by atoms with Crippen molar-refractivity contribution in [2.24, 2.45) is 4.40 Å². The second kappa shape index (κ2) is 5.18. The summed E-state index contributed by atoms with van der Waals surface area (Å²) in [6.07, 6.45) is 1.34. The highest BCUT2D eigenvalue weighted by molar-refractivity contribution is 7.90. The number of aryl methyl sites for hydroxylation is 1. The Bertz CT molecular complexity index is 874. The van der Waals surface area contributed by atoms with Gasteiger partial charge < -0.3 is 4.98 Å². The molecule has 1 aromatic heterocycles. The summed E-state index contributed by atoms with van der Waals surface area (Å²) < 4.78 is 28.0. The molecule has 0 radical (unpaired) electrons. The molecule has 0 aliphatic rings. The minimum Gasteiger partial charge on any atom is -0.354 e. The van der Waals surface area contributed by atoms with Gasteiger partial charge in [0, 0.05) is 10.9 Å². The van der Waals surface area contributed by atoms with Crippen molar-refractivity contribution in [3.05, 3.63) is 65.9 Å². The van der Waals surface area contributed by atoms with Gasteiger partial charge in [0.05, 0.1) is 16.8 Å². The Morgan fingerprint density at radius 1 is 1.05 bits per heavy atom. The van der Waals surface area contributed by atoms with Crippen molar-refractivity contribution in [2.75, 3.05) is 0 Å². The van der Waals surface area contributed by atoms with Crippen molar-refractivity contribution >= 4 is 27.1 Å². The molecule has 0 unspecified atom stereocenters. The minimum absolute atomic E-state index is 0.195. The van der Waals surface area contributed by atoms with Crippen LogP contribution in [0.3, 0.4) is 0 Å². The predicted molar refractivity (Wildman–Crippen MR) is 84.3 cm³/mol. The highest BCUT2D eigenvalue weighted by Crippen LogP contribution is 2.15. The van der Waals surface area contributed by atoms with E-state index >= 15 is 0 Å². The summed E-state index contributed by atoms with van der Waals surface area (Å²) in [5.41, 5.74) is 2.62. The van der Waals surface area contributed by atoms with Gasteiger partial charge in [-0.15, -0.1) is 0 Å². The SMILES string of the molecule is Cc1ccc(S(=O)(=O)/N=C/c2cc3ccccc3[nH]2)cc1. The normalized spacial score (nSPS) is 12.2. The van der Waals surface area contributed by atoms with Gasteiger partial charge in [-0.1, -0.05) is 35.9 Å².